The number of nitrogens with zero attached hydrogens (tertiary/aromatic N) is 1. The average molecular weight is 400 g/mol. The molecular weight excluding hydrogens is 376 g/mol. The molecule has 0 aliphatic heterocycles. The van der Waals surface area contributed by atoms with Crippen molar-refractivity contribution in [1.29, 1.82) is 0 Å². The van der Waals surface area contributed by atoms with Crippen molar-refractivity contribution in [3.63, 3.8) is 0 Å². The average Bonchev–Trinajstić information content (AvgIpc) is 2.78. The summed E-state index contributed by atoms with van der Waals surface area (Å²) in [6, 6.07) is 16.6. The number of allylic oxidation sites excluding steroid dienone is 2. The summed E-state index contributed by atoms with van der Waals surface area (Å²) in [7, 11) is 0. The van der Waals surface area contributed by atoms with Gasteiger partial charge in [0.25, 0.3) is 5.91 Å². The highest BCUT2D eigenvalue weighted by Crippen LogP contribution is 2.24. The predicted molar refractivity (Wildman–Crippen MR) is 120 cm³/mol. The van der Waals surface area contributed by atoms with E-state index in [1.807, 2.05) is 43.3 Å². The van der Waals surface area contributed by atoms with E-state index in [1.165, 1.54) is 6.08 Å². The molecule has 0 bridgehead atoms. The largest absolute Gasteiger partial charge is 0.463 e. The van der Waals surface area contributed by atoms with E-state index >= 15 is 0 Å². The molecule has 2 aromatic carbocycles. The standard InChI is InChI=1S/C25H24N2O3/c1-3-4-17-30-23(28)15-14-18(2)20-11-5-6-12-21(20)25(29)27-22-13-7-9-19-10-8-16-26-24(19)22/h5-16H,2-4,17H2,1H3,(H,27,29)/b15-14+. The molecule has 0 aliphatic carbocycles. The second kappa shape index (κ2) is 10.2. The first kappa shape index (κ1) is 21.0. The number of para-hydroxylation sites is 1. The first-order valence-electron chi connectivity index (χ1n) is 9.88. The summed E-state index contributed by atoms with van der Waals surface area (Å²) in [6.45, 7) is 6.43. The molecule has 0 radical (unpaired) electrons. The minimum Gasteiger partial charge on any atom is -0.463 e. The van der Waals surface area contributed by atoms with Gasteiger partial charge in [0.1, 0.15) is 0 Å². The molecule has 5 nitrogen and oxygen atoms in total. The van der Waals surface area contributed by atoms with Crippen LogP contribution >= 0.6 is 0 Å². The maximum atomic E-state index is 13.0. The molecule has 5 heteroatoms. The molecule has 152 valence electrons. The van der Waals surface area contributed by atoms with Gasteiger partial charge in [-0.3, -0.25) is 9.78 Å². The van der Waals surface area contributed by atoms with Gasteiger partial charge >= 0.3 is 5.97 Å². The maximum Gasteiger partial charge on any atom is 0.330 e. The second-order valence-electron chi connectivity index (χ2n) is 6.76. The quantitative estimate of drug-likeness (QED) is 0.238. The molecule has 1 heterocycles. The minimum atomic E-state index is -0.423. The van der Waals surface area contributed by atoms with Crippen LogP contribution in [0.3, 0.4) is 0 Å². The summed E-state index contributed by atoms with van der Waals surface area (Å²) in [4.78, 5) is 29.2. The van der Waals surface area contributed by atoms with E-state index < -0.39 is 5.97 Å². The fraction of sp³-hybridized carbons (Fsp3) is 0.160. The molecule has 1 aromatic heterocycles. The number of esters is 1. The molecule has 0 fully saturated rings. The lowest BCUT2D eigenvalue weighted by Gasteiger charge is -2.11. The Kier molecular flexibility index (Phi) is 7.11. The molecular formula is C25H24N2O3. The van der Waals surface area contributed by atoms with E-state index in [2.05, 4.69) is 16.9 Å². The van der Waals surface area contributed by atoms with Crippen molar-refractivity contribution >= 4 is 34.0 Å². The fourth-order valence-electron chi connectivity index (χ4n) is 2.98. The van der Waals surface area contributed by atoms with Crippen molar-refractivity contribution in [2.45, 2.75) is 19.8 Å². The summed E-state index contributed by atoms with van der Waals surface area (Å²) in [5.41, 5.74) is 3.00. The molecule has 0 spiro atoms. The number of unbranched alkanes of at least 4 members (excludes halogenated alkanes) is 1. The van der Waals surface area contributed by atoms with Crippen LogP contribution in [0.1, 0.15) is 35.7 Å². The summed E-state index contributed by atoms with van der Waals surface area (Å²) in [5.74, 6) is -0.697. The smallest absolute Gasteiger partial charge is 0.330 e. The van der Waals surface area contributed by atoms with Crippen LogP contribution in [0.2, 0.25) is 0 Å². The SMILES string of the molecule is C=C(/C=C/C(=O)OCCCC)c1ccccc1C(=O)Nc1cccc2cccnc12. The number of amides is 1. The second-order valence-corrected chi connectivity index (χ2v) is 6.76. The molecule has 0 unspecified atom stereocenters. The van der Waals surface area contributed by atoms with Crippen LogP contribution in [0, 0.1) is 0 Å². The van der Waals surface area contributed by atoms with E-state index in [4.69, 9.17) is 4.74 Å². The van der Waals surface area contributed by atoms with Crippen LogP contribution in [-0.4, -0.2) is 23.5 Å². The third-order valence-corrected chi connectivity index (χ3v) is 4.56. The third kappa shape index (κ3) is 5.20. The van der Waals surface area contributed by atoms with Gasteiger partial charge in [0.15, 0.2) is 0 Å². The number of hydrogen-bond acceptors (Lipinski definition) is 4. The Bertz CT molecular complexity index is 1100. The van der Waals surface area contributed by atoms with Crippen LogP contribution in [0.4, 0.5) is 5.69 Å². The van der Waals surface area contributed by atoms with Crippen LogP contribution in [-0.2, 0) is 9.53 Å². The van der Waals surface area contributed by atoms with Crippen molar-refractivity contribution in [3.05, 3.63) is 90.7 Å². The van der Waals surface area contributed by atoms with Gasteiger partial charge < -0.3 is 10.1 Å². The highest BCUT2D eigenvalue weighted by molar-refractivity contribution is 6.11. The lowest BCUT2D eigenvalue weighted by Crippen LogP contribution is -2.14. The van der Waals surface area contributed by atoms with Crippen molar-refractivity contribution in [2.75, 3.05) is 11.9 Å². The summed E-state index contributed by atoms with van der Waals surface area (Å²) >= 11 is 0. The molecule has 30 heavy (non-hydrogen) atoms. The number of carbonyl (C=O) groups excluding carboxylic acids is 2. The number of nitrogens with one attached hydrogen (secondary N) is 1. The number of carbonyl (C=O) groups is 2. The minimum absolute atomic E-state index is 0.274. The van der Waals surface area contributed by atoms with Gasteiger partial charge in [-0.2, -0.15) is 0 Å². The molecule has 3 aromatic rings. The van der Waals surface area contributed by atoms with Crippen molar-refractivity contribution < 1.29 is 14.3 Å². The monoisotopic (exact) mass is 400 g/mol. The number of benzene rings is 2. The molecule has 1 N–H and O–H groups in total. The van der Waals surface area contributed by atoms with Gasteiger partial charge in [0.05, 0.1) is 17.8 Å². The predicted octanol–water partition coefficient (Wildman–Crippen LogP) is 5.40. The first-order chi connectivity index (χ1) is 14.6. The molecule has 0 saturated heterocycles. The Hall–Kier alpha value is -3.73. The lowest BCUT2D eigenvalue weighted by molar-refractivity contribution is -0.137. The Morgan fingerprint density at radius 1 is 1.03 bits per heavy atom. The number of aromatic nitrogens is 1. The Labute approximate surface area is 176 Å². The number of hydrogen-bond donors (Lipinski definition) is 1. The van der Waals surface area contributed by atoms with E-state index in [1.54, 1.807) is 30.5 Å². The number of anilines is 1. The molecule has 3 rings (SSSR count). The topological polar surface area (TPSA) is 68.3 Å². The van der Waals surface area contributed by atoms with E-state index in [-0.39, 0.29) is 5.91 Å². The summed E-state index contributed by atoms with van der Waals surface area (Å²) in [6.07, 6.45) is 6.38. The molecule has 0 aliphatic rings. The number of rotatable bonds is 8. The van der Waals surface area contributed by atoms with Gasteiger partial charge in [0.2, 0.25) is 0 Å². The zero-order chi connectivity index (χ0) is 21.3. The summed E-state index contributed by atoms with van der Waals surface area (Å²) in [5, 5.41) is 3.88. The Balaban J connectivity index is 1.78. The van der Waals surface area contributed by atoms with Crippen molar-refractivity contribution in [1.82, 2.24) is 4.98 Å². The molecule has 0 atom stereocenters. The number of ether oxygens (including phenoxy) is 1. The number of pyridine rings is 1. The zero-order valence-corrected chi connectivity index (χ0v) is 16.9. The maximum absolute atomic E-state index is 13.0. The van der Waals surface area contributed by atoms with Gasteiger partial charge in [-0.05, 0) is 41.8 Å². The Morgan fingerprint density at radius 3 is 2.60 bits per heavy atom. The highest BCUT2D eigenvalue weighted by atomic mass is 16.5. The van der Waals surface area contributed by atoms with Gasteiger partial charge in [-0.25, -0.2) is 4.79 Å². The number of fused-ring (bicyclic) bond motifs is 1. The van der Waals surface area contributed by atoms with Crippen LogP contribution < -0.4 is 5.32 Å². The molecule has 0 saturated carbocycles. The molecule has 1 amide bonds. The normalized spacial score (nSPS) is 10.8. The van der Waals surface area contributed by atoms with E-state index in [0.717, 1.165) is 23.7 Å². The first-order valence-corrected chi connectivity index (χ1v) is 9.88. The fourth-order valence-corrected chi connectivity index (χ4v) is 2.98. The van der Waals surface area contributed by atoms with Gasteiger partial charge in [-0.1, -0.05) is 56.3 Å². The van der Waals surface area contributed by atoms with Crippen LogP contribution in [0.15, 0.2) is 79.5 Å². The Morgan fingerprint density at radius 2 is 1.80 bits per heavy atom. The van der Waals surface area contributed by atoms with E-state index in [9.17, 15) is 9.59 Å². The summed E-state index contributed by atoms with van der Waals surface area (Å²) < 4.78 is 5.11. The van der Waals surface area contributed by atoms with E-state index in [0.29, 0.717) is 29.0 Å². The van der Waals surface area contributed by atoms with Crippen LogP contribution in [0.5, 0.6) is 0 Å². The van der Waals surface area contributed by atoms with Crippen LogP contribution in [0.25, 0.3) is 16.5 Å². The van der Waals surface area contributed by atoms with Gasteiger partial charge in [0, 0.05) is 23.2 Å². The van der Waals surface area contributed by atoms with Crippen molar-refractivity contribution in [2.24, 2.45) is 0 Å². The highest BCUT2D eigenvalue weighted by Gasteiger charge is 2.14. The zero-order valence-electron chi connectivity index (χ0n) is 16.9. The third-order valence-electron chi connectivity index (χ3n) is 4.56. The van der Waals surface area contributed by atoms with Crippen molar-refractivity contribution in [3.8, 4) is 0 Å². The van der Waals surface area contributed by atoms with Gasteiger partial charge in [-0.15, -0.1) is 0 Å². The lowest BCUT2D eigenvalue weighted by atomic mass is 9.99.